The van der Waals surface area contributed by atoms with Gasteiger partial charge in [-0.15, -0.1) is 0 Å². The summed E-state index contributed by atoms with van der Waals surface area (Å²) in [5.74, 6) is 0.256. The van der Waals surface area contributed by atoms with Crippen LogP contribution in [0, 0.1) is 12.7 Å². The molecule has 0 amide bonds. The number of halogens is 1. The fourth-order valence-electron chi connectivity index (χ4n) is 2.13. The van der Waals surface area contributed by atoms with Gasteiger partial charge in [0.25, 0.3) is 0 Å². The Labute approximate surface area is 119 Å². The van der Waals surface area contributed by atoms with Crippen LogP contribution in [-0.2, 0) is 13.0 Å². The second kappa shape index (κ2) is 6.53. The van der Waals surface area contributed by atoms with Crippen molar-refractivity contribution < 1.29 is 9.13 Å². The van der Waals surface area contributed by atoms with Crippen LogP contribution in [0.25, 0.3) is 0 Å². The first kappa shape index (κ1) is 14.5. The van der Waals surface area contributed by atoms with Crippen LogP contribution in [0.15, 0.2) is 42.5 Å². The predicted octanol–water partition coefficient (Wildman–Crippen LogP) is 3.60. The lowest BCUT2D eigenvalue weighted by Gasteiger charge is -2.11. The van der Waals surface area contributed by atoms with E-state index in [0.29, 0.717) is 18.8 Å². The summed E-state index contributed by atoms with van der Waals surface area (Å²) in [7, 11) is 0. The molecule has 1 atom stereocenters. The summed E-state index contributed by atoms with van der Waals surface area (Å²) >= 11 is 0. The van der Waals surface area contributed by atoms with Gasteiger partial charge < -0.3 is 10.5 Å². The molecule has 0 fully saturated rings. The largest absolute Gasteiger partial charge is 0.489 e. The third-order valence-corrected chi connectivity index (χ3v) is 3.14. The maximum atomic E-state index is 13.6. The number of hydrogen-bond acceptors (Lipinski definition) is 2. The SMILES string of the molecule is Cc1ccccc1COc1cc(F)cc(CC(C)N)c1. The molecule has 0 spiro atoms. The van der Waals surface area contributed by atoms with Gasteiger partial charge in [0.2, 0.25) is 0 Å². The zero-order valence-corrected chi connectivity index (χ0v) is 11.9. The predicted molar refractivity (Wildman–Crippen MR) is 79.3 cm³/mol. The summed E-state index contributed by atoms with van der Waals surface area (Å²) in [4.78, 5) is 0. The summed E-state index contributed by atoms with van der Waals surface area (Å²) in [5, 5.41) is 0. The molecule has 20 heavy (non-hydrogen) atoms. The van der Waals surface area contributed by atoms with Crippen LogP contribution < -0.4 is 10.5 Å². The van der Waals surface area contributed by atoms with Crippen LogP contribution in [0.3, 0.4) is 0 Å². The highest BCUT2D eigenvalue weighted by Crippen LogP contribution is 2.19. The van der Waals surface area contributed by atoms with Crippen LogP contribution in [0.2, 0.25) is 0 Å². The molecule has 106 valence electrons. The van der Waals surface area contributed by atoms with Crippen molar-refractivity contribution in [1.82, 2.24) is 0 Å². The van der Waals surface area contributed by atoms with Crippen LogP contribution in [0.1, 0.15) is 23.6 Å². The van der Waals surface area contributed by atoms with Crippen LogP contribution in [0.4, 0.5) is 4.39 Å². The number of rotatable bonds is 5. The molecule has 2 rings (SSSR count). The molecule has 0 saturated carbocycles. The smallest absolute Gasteiger partial charge is 0.127 e. The molecule has 2 N–H and O–H groups in total. The highest BCUT2D eigenvalue weighted by Gasteiger charge is 2.05. The van der Waals surface area contributed by atoms with Crippen LogP contribution >= 0.6 is 0 Å². The van der Waals surface area contributed by atoms with E-state index in [9.17, 15) is 4.39 Å². The van der Waals surface area contributed by atoms with Crippen molar-refractivity contribution in [3.8, 4) is 5.75 Å². The minimum Gasteiger partial charge on any atom is -0.489 e. The molecule has 2 nitrogen and oxygen atoms in total. The van der Waals surface area contributed by atoms with E-state index in [1.165, 1.54) is 17.7 Å². The number of hydrogen-bond donors (Lipinski definition) is 1. The van der Waals surface area contributed by atoms with E-state index in [0.717, 1.165) is 11.1 Å². The third kappa shape index (κ3) is 4.07. The van der Waals surface area contributed by atoms with Gasteiger partial charge in [-0.25, -0.2) is 4.39 Å². The normalized spacial score (nSPS) is 12.2. The molecule has 0 saturated heterocycles. The Bertz CT molecular complexity index is 581. The molecule has 1 unspecified atom stereocenters. The molecule has 3 heteroatoms. The number of aryl methyl sites for hydroxylation is 1. The minimum absolute atomic E-state index is 0.000942. The molecule has 0 aliphatic heterocycles. The van der Waals surface area contributed by atoms with Crippen molar-refractivity contribution in [2.75, 3.05) is 0 Å². The van der Waals surface area contributed by atoms with Crippen molar-refractivity contribution in [1.29, 1.82) is 0 Å². The fraction of sp³-hybridized carbons (Fsp3) is 0.294. The Morgan fingerprint density at radius 3 is 2.65 bits per heavy atom. The maximum Gasteiger partial charge on any atom is 0.127 e. The third-order valence-electron chi connectivity index (χ3n) is 3.14. The molecular formula is C17H20FNO. The average Bonchev–Trinajstić information content (AvgIpc) is 2.36. The van der Waals surface area contributed by atoms with Gasteiger partial charge in [-0.3, -0.25) is 0 Å². The summed E-state index contributed by atoms with van der Waals surface area (Å²) in [6.45, 7) is 4.37. The van der Waals surface area contributed by atoms with E-state index in [1.807, 2.05) is 44.2 Å². The van der Waals surface area contributed by atoms with E-state index >= 15 is 0 Å². The van der Waals surface area contributed by atoms with Gasteiger partial charge in [0.15, 0.2) is 0 Å². The lowest BCUT2D eigenvalue weighted by atomic mass is 10.1. The topological polar surface area (TPSA) is 35.2 Å². The second-order valence-corrected chi connectivity index (χ2v) is 5.19. The number of ether oxygens (including phenoxy) is 1. The second-order valence-electron chi connectivity index (χ2n) is 5.19. The Balaban J connectivity index is 2.09. The Kier molecular flexibility index (Phi) is 4.74. The Morgan fingerprint density at radius 2 is 1.95 bits per heavy atom. The lowest BCUT2D eigenvalue weighted by Crippen LogP contribution is -2.17. The number of benzene rings is 2. The first-order valence-corrected chi connectivity index (χ1v) is 6.77. The summed E-state index contributed by atoms with van der Waals surface area (Å²) in [6, 6.07) is 12.8. The van der Waals surface area contributed by atoms with Gasteiger partial charge in [0.05, 0.1) is 0 Å². The van der Waals surface area contributed by atoms with Gasteiger partial charge in [-0.2, -0.15) is 0 Å². The van der Waals surface area contributed by atoms with Crippen LogP contribution in [-0.4, -0.2) is 6.04 Å². The first-order valence-electron chi connectivity index (χ1n) is 6.77. The molecule has 0 aromatic heterocycles. The van der Waals surface area contributed by atoms with E-state index in [4.69, 9.17) is 10.5 Å². The highest BCUT2D eigenvalue weighted by atomic mass is 19.1. The lowest BCUT2D eigenvalue weighted by molar-refractivity contribution is 0.303. The quantitative estimate of drug-likeness (QED) is 0.903. The molecule has 0 radical (unpaired) electrons. The van der Waals surface area contributed by atoms with Gasteiger partial charge >= 0.3 is 0 Å². The van der Waals surface area contributed by atoms with Gasteiger partial charge in [0, 0.05) is 12.1 Å². The van der Waals surface area contributed by atoms with E-state index in [2.05, 4.69) is 0 Å². The molecule has 0 bridgehead atoms. The summed E-state index contributed by atoms with van der Waals surface area (Å²) in [6.07, 6.45) is 0.637. The van der Waals surface area contributed by atoms with Gasteiger partial charge in [0.1, 0.15) is 18.2 Å². The Morgan fingerprint density at radius 1 is 1.20 bits per heavy atom. The van der Waals surface area contributed by atoms with E-state index in [1.54, 1.807) is 0 Å². The van der Waals surface area contributed by atoms with Crippen molar-refractivity contribution in [2.45, 2.75) is 32.9 Å². The standard InChI is InChI=1S/C17H20FNO/c1-12-5-3-4-6-15(12)11-20-17-9-14(7-13(2)19)8-16(18)10-17/h3-6,8-10,13H,7,11,19H2,1-2H3. The zero-order chi connectivity index (χ0) is 14.5. The first-order chi connectivity index (χ1) is 9.54. The average molecular weight is 273 g/mol. The highest BCUT2D eigenvalue weighted by molar-refractivity contribution is 5.31. The molecule has 0 aliphatic carbocycles. The van der Waals surface area contributed by atoms with E-state index < -0.39 is 0 Å². The number of nitrogens with two attached hydrogens (primary N) is 1. The maximum absolute atomic E-state index is 13.6. The molecule has 2 aromatic rings. The zero-order valence-electron chi connectivity index (χ0n) is 11.9. The monoisotopic (exact) mass is 273 g/mol. The molecular weight excluding hydrogens is 253 g/mol. The van der Waals surface area contributed by atoms with Crippen molar-refractivity contribution >= 4 is 0 Å². The van der Waals surface area contributed by atoms with Gasteiger partial charge in [-0.05, 0) is 49.1 Å². The minimum atomic E-state index is -0.289. The Hall–Kier alpha value is -1.87. The van der Waals surface area contributed by atoms with Crippen molar-refractivity contribution in [2.24, 2.45) is 5.73 Å². The van der Waals surface area contributed by atoms with E-state index in [-0.39, 0.29) is 11.9 Å². The molecule has 0 aliphatic rings. The van der Waals surface area contributed by atoms with Crippen LogP contribution in [0.5, 0.6) is 5.75 Å². The van der Waals surface area contributed by atoms with Gasteiger partial charge in [-0.1, -0.05) is 24.3 Å². The molecule has 2 aromatic carbocycles. The van der Waals surface area contributed by atoms with Crippen molar-refractivity contribution in [3.63, 3.8) is 0 Å². The summed E-state index contributed by atoms with van der Waals surface area (Å²) in [5.41, 5.74) is 8.88. The fourth-order valence-corrected chi connectivity index (χ4v) is 2.13. The molecule has 0 heterocycles. The summed E-state index contributed by atoms with van der Waals surface area (Å²) < 4.78 is 19.3. The van der Waals surface area contributed by atoms with Crippen molar-refractivity contribution in [3.05, 3.63) is 65.0 Å².